The van der Waals surface area contributed by atoms with Crippen LogP contribution in [-0.4, -0.2) is 52.0 Å². The number of nitrogens with zero attached hydrogens (tertiary/aromatic N) is 3. The molecule has 2 fully saturated rings. The highest BCUT2D eigenvalue weighted by Gasteiger charge is 2.45. The predicted octanol–water partition coefficient (Wildman–Crippen LogP) is 4.21. The Morgan fingerprint density at radius 2 is 1.96 bits per heavy atom. The summed E-state index contributed by atoms with van der Waals surface area (Å²) in [5.74, 6) is 1.85. The molecule has 2 saturated heterocycles. The van der Waals surface area contributed by atoms with Gasteiger partial charge in [0.05, 0.1) is 0 Å². The van der Waals surface area contributed by atoms with Gasteiger partial charge in [0.15, 0.2) is 0 Å². The molecule has 0 radical (unpaired) electrons. The molecule has 1 N–H and O–H groups in total. The number of aromatic nitrogens is 2. The summed E-state index contributed by atoms with van der Waals surface area (Å²) in [4.78, 5) is 13.3. The van der Waals surface area contributed by atoms with E-state index in [4.69, 9.17) is 0 Å². The molecule has 0 saturated carbocycles. The van der Waals surface area contributed by atoms with Crippen molar-refractivity contribution >= 4 is 0 Å². The Kier molecular flexibility index (Phi) is 5.65. The molecule has 1 atom stereocenters. The first kappa shape index (κ1) is 18.7. The monoisotopic (exact) mass is 366 g/mol. The van der Waals surface area contributed by atoms with Crippen LogP contribution in [-0.2, 0) is 13.0 Å². The normalized spacial score (nSPS) is 23.3. The highest BCUT2D eigenvalue weighted by molar-refractivity contribution is 5.23. The summed E-state index contributed by atoms with van der Waals surface area (Å²) in [5, 5.41) is 0. The predicted molar refractivity (Wildman–Crippen MR) is 111 cm³/mol. The van der Waals surface area contributed by atoms with E-state index in [1.807, 2.05) is 6.20 Å². The molecule has 4 rings (SSSR count). The summed E-state index contributed by atoms with van der Waals surface area (Å²) in [7, 11) is 2.34. The van der Waals surface area contributed by atoms with Crippen LogP contribution in [0.3, 0.4) is 0 Å². The third kappa shape index (κ3) is 4.12. The van der Waals surface area contributed by atoms with E-state index in [9.17, 15) is 0 Å². The smallest absolute Gasteiger partial charge is 0.106 e. The minimum atomic E-state index is 0.400. The lowest BCUT2D eigenvalue weighted by molar-refractivity contribution is 0.0667. The van der Waals surface area contributed by atoms with Gasteiger partial charge >= 0.3 is 0 Å². The van der Waals surface area contributed by atoms with Crippen LogP contribution in [0.5, 0.6) is 0 Å². The van der Waals surface area contributed by atoms with Crippen LogP contribution in [0, 0.1) is 0 Å². The fraction of sp³-hybridized carbons (Fsp3) is 0.609. The van der Waals surface area contributed by atoms with Crippen molar-refractivity contribution in [2.24, 2.45) is 0 Å². The quantitative estimate of drug-likeness (QED) is 0.832. The van der Waals surface area contributed by atoms with E-state index in [-0.39, 0.29) is 0 Å². The van der Waals surface area contributed by atoms with E-state index in [0.29, 0.717) is 11.5 Å². The lowest BCUT2D eigenvalue weighted by atomic mass is 9.81. The number of benzene rings is 1. The van der Waals surface area contributed by atoms with Crippen molar-refractivity contribution in [3.63, 3.8) is 0 Å². The lowest BCUT2D eigenvalue weighted by Gasteiger charge is -2.43. The third-order valence-corrected chi connectivity index (χ3v) is 6.83. The maximum Gasteiger partial charge on any atom is 0.106 e. The number of hydrogen-bond donors (Lipinski definition) is 1. The van der Waals surface area contributed by atoms with E-state index in [0.717, 1.165) is 18.8 Å². The second-order valence-electron chi connectivity index (χ2n) is 8.65. The first-order chi connectivity index (χ1) is 13.2. The number of likely N-dealkylation sites (N-methyl/N-ethyl adjacent to an activating group) is 1. The van der Waals surface area contributed by atoms with Crippen molar-refractivity contribution in [2.75, 3.05) is 26.7 Å². The first-order valence-corrected chi connectivity index (χ1v) is 10.7. The summed E-state index contributed by atoms with van der Waals surface area (Å²) < 4.78 is 0. The summed E-state index contributed by atoms with van der Waals surface area (Å²) in [6.07, 6.45) is 9.43. The molecule has 0 aliphatic carbocycles. The molecule has 4 heteroatoms. The van der Waals surface area contributed by atoms with Crippen LogP contribution in [0.25, 0.3) is 0 Å². The summed E-state index contributed by atoms with van der Waals surface area (Å²) in [6, 6.07) is 11.1. The van der Waals surface area contributed by atoms with Gasteiger partial charge in [-0.1, -0.05) is 43.7 Å². The molecular weight excluding hydrogens is 332 g/mol. The number of piperidine rings is 1. The van der Waals surface area contributed by atoms with Crippen molar-refractivity contribution in [3.05, 3.63) is 53.6 Å². The minimum Gasteiger partial charge on any atom is -0.345 e. The summed E-state index contributed by atoms with van der Waals surface area (Å²) >= 11 is 0. The number of rotatable bonds is 6. The molecule has 3 heterocycles. The first-order valence-electron chi connectivity index (χ1n) is 10.7. The molecule has 2 aliphatic heterocycles. The molecule has 0 bridgehead atoms. The molecule has 1 unspecified atom stereocenters. The molecule has 1 aromatic heterocycles. The van der Waals surface area contributed by atoms with Crippen molar-refractivity contribution in [1.82, 2.24) is 19.8 Å². The number of unbranched alkanes of at least 4 members (excludes halogenated alkanes) is 1. The number of H-pyrrole nitrogens is 1. The average Bonchev–Trinajstić information content (AvgIpc) is 3.27. The summed E-state index contributed by atoms with van der Waals surface area (Å²) in [6.45, 7) is 6.83. The van der Waals surface area contributed by atoms with Crippen molar-refractivity contribution in [3.8, 4) is 0 Å². The van der Waals surface area contributed by atoms with Crippen LogP contribution in [0.1, 0.15) is 62.0 Å². The maximum atomic E-state index is 4.56. The maximum absolute atomic E-state index is 4.56. The number of imidazole rings is 1. The van der Waals surface area contributed by atoms with E-state index in [1.54, 1.807) is 0 Å². The Hall–Kier alpha value is -1.65. The number of hydrogen-bond acceptors (Lipinski definition) is 3. The molecule has 2 aliphatic rings. The topological polar surface area (TPSA) is 35.2 Å². The van der Waals surface area contributed by atoms with Gasteiger partial charge in [-0.25, -0.2) is 4.98 Å². The van der Waals surface area contributed by atoms with E-state index in [1.165, 1.54) is 63.0 Å². The molecule has 1 spiro atoms. The van der Waals surface area contributed by atoms with Gasteiger partial charge in [-0.3, -0.25) is 9.80 Å². The second-order valence-corrected chi connectivity index (χ2v) is 8.65. The lowest BCUT2D eigenvalue weighted by Crippen LogP contribution is -2.50. The number of likely N-dealkylation sites (tertiary alicyclic amines) is 2. The van der Waals surface area contributed by atoms with Crippen molar-refractivity contribution < 1.29 is 0 Å². The molecule has 1 aromatic carbocycles. The number of aromatic amines is 1. The van der Waals surface area contributed by atoms with Gasteiger partial charge < -0.3 is 4.98 Å². The van der Waals surface area contributed by atoms with Gasteiger partial charge in [-0.2, -0.15) is 0 Å². The molecule has 146 valence electrons. The van der Waals surface area contributed by atoms with Gasteiger partial charge in [-0.15, -0.1) is 0 Å². The Morgan fingerprint density at radius 1 is 1.19 bits per heavy atom. The molecule has 2 aromatic rings. The van der Waals surface area contributed by atoms with Gasteiger partial charge in [-0.05, 0) is 44.2 Å². The Morgan fingerprint density at radius 3 is 2.70 bits per heavy atom. The second kappa shape index (κ2) is 8.15. The zero-order chi connectivity index (χ0) is 18.7. The van der Waals surface area contributed by atoms with Crippen LogP contribution >= 0.6 is 0 Å². The Labute approximate surface area is 164 Å². The zero-order valence-corrected chi connectivity index (χ0v) is 17.0. The van der Waals surface area contributed by atoms with Gasteiger partial charge in [0, 0.05) is 50.0 Å². The fourth-order valence-corrected chi connectivity index (χ4v) is 5.06. The van der Waals surface area contributed by atoms with Crippen molar-refractivity contribution in [2.45, 2.75) is 63.5 Å². The van der Waals surface area contributed by atoms with Crippen LogP contribution < -0.4 is 0 Å². The highest BCUT2D eigenvalue weighted by Crippen LogP contribution is 2.44. The minimum absolute atomic E-state index is 0.400. The number of nitrogens with one attached hydrogen (secondary N) is 1. The van der Waals surface area contributed by atoms with Gasteiger partial charge in [0.1, 0.15) is 5.82 Å². The third-order valence-electron chi connectivity index (χ3n) is 6.83. The van der Waals surface area contributed by atoms with Gasteiger partial charge in [0.25, 0.3) is 0 Å². The standard InChI is InChI=1S/C23H34N4/c1-3-4-10-22-24-16-21(25-22)18-27-13-11-23(12-14-27)15-20(17-26(23)2)19-8-6-5-7-9-19/h5-9,16,20H,3-4,10-15,17-18H2,1-2H3,(H,24,25). The SMILES string of the molecule is CCCCc1ncc(CN2CCC3(CC2)CC(c2ccccc2)CN3C)[nH]1. The molecule has 4 nitrogen and oxygen atoms in total. The average molecular weight is 367 g/mol. The van der Waals surface area contributed by atoms with Crippen LogP contribution in [0.4, 0.5) is 0 Å². The van der Waals surface area contributed by atoms with Gasteiger partial charge in [0.2, 0.25) is 0 Å². The van der Waals surface area contributed by atoms with Crippen molar-refractivity contribution in [1.29, 1.82) is 0 Å². The van der Waals surface area contributed by atoms with E-state index < -0.39 is 0 Å². The largest absolute Gasteiger partial charge is 0.345 e. The van der Waals surface area contributed by atoms with E-state index >= 15 is 0 Å². The van der Waals surface area contributed by atoms with Crippen LogP contribution in [0.2, 0.25) is 0 Å². The highest BCUT2D eigenvalue weighted by atomic mass is 15.2. The number of aryl methyl sites for hydroxylation is 1. The molecule has 27 heavy (non-hydrogen) atoms. The Bertz CT molecular complexity index is 715. The Balaban J connectivity index is 1.32. The fourth-order valence-electron chi connectivity index (χ4n) is 5.06. The summed E-state index contributed by atoms with van der Waals surface area (Å²) in [5.41, 5.74) is 3.19. The molecule has 0 amide bonds. The van der Waals surface area contributed by atoms with Crippen LogP contribution in [0.15, 0.2) is 36.5 Å². The zero-order valence-electron chi connectivity index (χ0n) is 17.0. The molecular formula is C23H34N4. The van der Waals surface area contributed by atoms with E-state index in [2.05, 4.69) is 64.1 Å².